The molecular formula is C23H30N2O4. The van der Waals surface area contributed by atoms with Gasteiger partial charge in [0, 0.05) is 26.6 Å². The minimum Gasteiger partial charge on any atom is -0.493 e. The van der Waals surface area contributed by atoms with E-state index in [1.54, 1.807) is 26.0 Å². The molecule has 0 aliphatic carbocycles. The standard InChI is InChI=1S/C23H30N2O4/c1-17-6-5-7-20(14-17)16-23(27)24-11-13-25(18(2)26)12-10-19-8-9-21(28-3)22(15-19)29-4/h5-9,14-15H,10-13,16H2,1-4H3,(H,24,27). The zero-order valence-corrected chi connectivity index (χ0v) is 17.7. The maximum atomic E-state index is 12.1. The lowest BCUT2D eigenvalue weighted by Crippen LogP contribution is -2.39. The second kappa shape index (κ2) is 11.1. The summed E-state index contributed by atoms with van der Waals surface area (Å²) in [5.41, 5.74) is 3.17. The summed E-state index contributed by atoms with van der Waals surface area (Å²) in [7, 11) is 3.20. The first kappa shape index (κ1) is 22.3. The fraction of sp³-hybridized carbons (Fsp3) is 0.391. The van der Waals surface area contributed by atoms with Crippen LogP contribution in [0.15, 0.2) is 42.5 Å². The largest absolute Gasteiger partial charge is 0.493 e. The molecule has 0 bridgehead atoms. The molecule has 6 heteroatoms. The normalized spacial score (nSPS) is 10.3. The van der Waals surface area contributed by atoms with Gasteiger partial charge in [0.15, 0.2) is 11.5 Å². The topological polar surface area (TPSA) is 67.9 Å². The molecule has 0 aliphatic rings. The Kier molecular flexibility index (Phi) is 8.52. The monoisotopic (exact) mass is 398 g/mol. The van der Waals surface area contributed by atoms with Gasteiger partial charge in [0.05, 0.1) is 20.6 Å². The third-order valence-electron chi connectivity index (χ3n) is 4.71. The van der Waals surface area contributed by atoms with Crippen molar-refractivity contribution in [2.45, 2.75) is 26.7 Å². The van der Waals surface area contributed by atoms with Crippen LogP contribution in [0.3, 0.4) is 0 Å². The highest BCUT2D eigenvalue weighted by molar-refractivity contribution is 5.78. The van der Waals surface area contributed by atoms with Gasteiger partial charge in [-0.05, 0) is 36.6 Å². The summed E-state index contributed by atoms with van der Waals surface area (Å²) >= 11 is 0. The first-order chi connectivity index (χ1) is 13.9. The molecule has 1 N–H and O–H groups in total. The van der Waals surface area contributed by atoms with E-state index in [4.69, 9.17) is 9.47 Å². The Labute approximate surface area is 172 Å². The Morgan fingerprint density at radius 2 is 1.72 bits per heavy atom. The van der Waals surface area contributed by atoms with Crippen molar-refractivity contribution < 1.29 is 19.1 Å². The molecule has 0 heterocycles. The van der Waals surface area contributed by atoms with Crippen LogP contribution in [0.1, 0.15) is 23.6 Å². The van der Waals surface area contributed by atoms with Gasteiger partial charge >= 0.3 is 0 Å². The first-order valence-corrected chi connectivity index (χ1v) is 9.71. The number of rotatable bonds is 10. The summed E-state index contributed by atoms with van der Waals surface area (Å²) in [5, 5.41) is 2.90. The summed E-state index contributed by atoms with van der Waals surface area (Å²) in [6.45, 7) is 5.02. The molecule has 0 unspecified atom stereocenters. The predicted octanol–water partition coefficient (Wildman–Crippen LogP) is 2.76. The highest BCUT2D eigenvalue weighted by Crippen LogP contribution is 2.27. The van der Waals surface area contributed by atoms with Crippen LogP contribution >= 0.6 is 0 Å². The quantitative estimate of drug-likeness (QED) is 0.668. The van der Waals surface area contributed by atoms with E-state index in [0.29, 0.717) is 44.0 Å². The second-order valence-electron chi connectivity index (χ2n) is 6.96. The van der Waals surface area contributed by atoms with E-state index in [1.807, 2.05) is 49.4 Å². The van der Waals surface area contributed by atoms with Gasteiger partial charge in [-0.2, -0.15) is 0 Å². The molecule has 0 atom stereocenters. The van der Waals surface area contributed by atoms with Gasteiger partial charge in [0.25, 0.3) is 0 Å². The summed E-state index contributed by atoms with van der Waals surface area (Å²) in [5.74, 6) is 1.29. The highest BCUT2D eigenvalue weighted by atomic mass is 16.5. The van der Waals surface area contributed by atoms with E-state index < -0.39 is 0 Å². The van der Waals surface area contributed by atoms with Crippen molar-refractivity contribution in [2.24, 2.45) is 0 Å². The van der Waals surface area contributed by atoms with Gasteiger partial charge in [-0.1, -0.05) is 35.9 Å². The average molecular weight is 399 g/mol. The van der Waals surface area contributed by atoms with Crippen molar-refractivity contribution in [1.29, 1.82) is 0 Å². The zero-order valence-electron chi connectivity index (χ0n) is 17.7. The van der Waals surface area contributed by atoms with Crippen molar-refractivity contribution >= 4 is 11.8 Å². The lowest BCUT2D eigenvalue weighted by atomic mass is 10.1. The Morgan fingerprint density at radius 3 is 2.38 bits per heavy atom. The maximum absolute atomic E-state index is 12.1. The molecular weight excluding hydrogens is 368 g/mol. The van der Waals surface area contributed by atoms with Crippen LogP contribution in [0, 0.1) is 6.92 Å². The number of amides is 2. The highest BCUT2D eigenvalue weighted by Gasteiger charge is 2.11. The molecule has 0 saturated heterocycles. The fourth-order valence-corrected chi connectivity index (χ4v) is 3.13. The molecule has 2 amide bonds. The van der Waals surface area contributed by atoms with Crippen LogP contribution in [0.2, 0.25) is 0 Å². The molecule has 0 saturated carbocycles. The number of hydrogen-bond donors (Lipinski definition) is 1. The van der Waals surface area contributed by atoms with E-state index in [1.165, 1.54) is 0 Å². The van der Waals surface area contributed by atoms with E-state index in [2.05, 4.69) is 5.32 Å². The average Bonchev–Trinajstić information content (AvgIpc) is 2.70. The summed E-state index contributed by atoms with van der Waals surface area (Å²) in [6, 6.07) is 13.6. The first-order valence-electron chi connectivity index (χ1n) is 9.71. The minimum absolute atomic E-state index is 0.0154. The SMILES string of the molecule is COc1ccc(CCN(CCNC(=O)Cc2cccc(C)c2)C(C)=O)cc1OC. The molecule has 0 aromatic heterocycles. The summed E-state index contributed by atoms with van der Waals surface area (Å²) < 4.78 is 10.6. The van der Waals surface area contributed by atoms with Gasteiger partial charge in [0.1, 0.15) is 0 Å². The van der Waals surface area contributed by atoms with E-state index in [9.17, 15) is 9.59 Å². The molecule has 0 fully saturated rings. The Balaban J connectivity index is 1.82. The van der Waals surface area contributed by atoms with Crippen LogP contribution in [0.4, 0.5) is 0 Å². The molecule has 2 aromatic rings. The number of benzene rings is 2. The van der Waals surface area contributed by atoms with Crippen LogP contribution < -0.4 is 14.8 Å². The maximum Gasteiger partial charge on any atom is 0.224 e. The van der Waals surface area contributed by atoms with E-state index in [-0.39, 0.29) is 11.8 Å². The number of hydrogen-bond acceptors (Lipinski definition) is 4. The molecule has 0 aliphatic heterocycles. The van der Waals surface area contributed by atoms with Gasteiger partial charge in [0.2, 0.25) is 11.8 Å². The number of aryl methyl sites for hydroxylation is 1. The predicted molar refractivity (Wildman–Crippen MR) is 113 cm³/mol. The second-order valence-corrected chi connectivity index (χ2v) is 6.96. The van der Waals surface area contributed by atoms with Gasteiger partial charge in [-0.25, -0.2) is 0 Å². The van der Waals surface area contributed by atoms with Crippen LogP contribution in [0.25, 0.3) is 0 Å². The van der Waals surface area contributed by atoms with E-state index in [0.717, 1.165) is 16.7 Å². The third-order valence-corrected chi connectivity index (χ3v) is 4.71. The zero-order chi connectivity index (χ0) is 21.2. The number of methoxy groups -OCH3 is 2. The summed E-state index contributed by atoms with van der Waals surface area (Å²) in [4.78, 5) is 25.8. The summed E-state index contributed by atoms with van der Waals surface area (Å²) in [6.07, 6.45) is 1.03. The number of carbonyl (C=O) groups excluding carboxylic acids is 2. The molecule has 0 spiro atoms. The van der Waals surface area contributed by atoms with Crippen molar-refractivity contribution in [3.63, 3.8) is 0 Å². The van der Waals surface area contributed by atoms with Gasteiger partial charge < -0.3 is 19.7 Å². The van der Waals surface area contributed by atoms with Crippen molar-refractivity contribution in [2.75, 3.05) is 33.9 Å². The van der Waals surface area contributed by atoms with E-state index >= 15 is 0 Å². The molecule has 2 aromatic carbocycles. The van der Waals surface area contributed by atoms with Crippen LogP contribution in [0.5, 0.6) is 11.5 Å². The Morgan fingerprint density at radius 1 is 0.966 bits per heavy atom. The fourth-order valence-electron chi connectivity index (χ4n) is 3.13. The number of ether oxygens (including phenoxy) is 2. The number of carbonyl (C=O) groups is 2. The number of nitrogens with zero attached hydrogens (tertiary/aromatic N) is 1. The van der Waals surface area contributed by atoms with Crippen LogP contribution in [-0.2, 0) is 22.4 Å². The third kappa shape index (κ3) is 7.14. The van der Waals surface area contributed by atoms with Crippen molar-refractivity contribution in [3.8, 4) is 11.5 Å². The molecule has 156 valence electrons. The van der Waals surface area contributed by atoms with Crippen molar-refractivity contribution in [3.05, 3.63) is 59.2 Å². The Hall–Kier alpha value is -3.02. The molecule has 6 nitrogen and oxygen atoms in total. The molecule has 0 radical (unpaired) electrons. The molecule has 29 heavy (non-hydrogen) atoms. The Bertz CT molecular complexity index is 835. The smallest absolute Gasteiger partial charge is 0.224 e. The van der Waals surface area contributed by atoms with Crippen molar-refractivity contribution in [1.82, 2.24) is 10.2 Å². The lowest BCUT2D eigenvalue weighted by Gasteiger charge is -2.21. The van der Waals surface area contributed by atoms with Gasteiger partial charge in [-0.15, -0.1) is 0 Å². The lowest BCUT2D eigenvalue weighted by molar-refractivity contribution is -0.129. The molecule has 2 rings (SSSR count). The number of nitrogens with one attached hydrogen (secondary N) is 1. The minimum atomic E-state index is -0.0426. The van der Waals surface area contributed by atoms with Gasteiger partial charge in [-0.3, -0.25) is 9.59 Å². The van der Waals surface area contributed by atoms with Crippen LogP contribution in [-0.4, -0.2) is 50.6 Å².